The number of halogens is 1. The van der Waals surface area contributed by atoms with Crippen LogP contribution < -0.4 is 5.73 Å². The van der Waals surface area contributed by atoms with Crippen LogP contribution in [0.25, 0.3) is 0 Å². The van der Waals surface area contributed by atoms with E-state index in [1.807, 2.05) is 0 Å². The second kappa shape index (κ2) is 4.24. The van der Waals surface area contributed by atoms with Crippen LogP contribution in [0.4, 0.5) is 0 Å². The number of likely N-dealkylation sites (N-methyl/N-ethyl adjacent to an activating group) is 1. The van der Waals surface area contributed by atoms with Gasteiger partial charge in [-0.15, -0.1) is 0 Å². The van der Waals surface area contributed by atoms with Gasteiger partial charge in [-0.1, -0.05) is 34.1 Å². The molecule has 1 saturated carbocycles. The predicted octanol–water partition coefficient (Wildman–Crippen LogP) is 2.33. The molecule has 1 aromatic rings. The summed E-state index contributed by atoms with van der Waals surface area (Å²) in [4.78, 5) is 2.38. The van der Waals surface area contributed by atoms with Crippen LogP contribution in [0.15, 0.2) is 28.7 Å². The number of hydrogen-bond acceptors (Lipinski definition) is 2. The fraction of sp³-hybridized carbons (Fsp3) is 0.500. The molecule has 1 aromatic carbocycles. The Morgan fingerprint density at radius 3 is 2.60 bits per heavy atom. The summed E-state index contributed by atoms with van der Waals surface area (Å²) >= 11 is 3.63. The topological polar surface area (TPSA) is 29.3 Å². The quantitative estimate of drug-likeness (QED) is 0.909. The van der Waals surface area contributed by atoms with Gasteiger partial charge in [-0.2, -0.15) is 0 Å². The molecule has 1 aliphatic rings. The molecule has 0 atom stereocenters. The van der Waals surface area contributed by atoms with Crippen molar-refractivity contribution < 1.29 is 0 Å². The van der Waals surface area contributed by atoms with Crippen LogP contribution in [-0.2, 0) is 5.54 Å². The molecule has 0 amide bonds. The molecule has 0 aromatic heterocycles. The highest BCUT2D eigenvalue weighted by Crippen LogP contribution is 2.52. The molecule has 0 unspecified atom stereocenters. The van der Waals surface area contributed by atoms with Crippen LogP contribution in [0.1, 0.15) is 18.4 Å². The summed E-state index contributed by atoms with van der Waals surface area (Å²) < 4.78 is 1.21. The van der Waals surface area contributed by atoms with Gasteiger partial charge in [0, 0.05) is 23.1 Å². The molecule has 0 heterocycles. The third-order valence-electron chi connectivity index (χ3n) is 3.29. The van der Waals surface area contributed by atoms with E-state index in [1.54, 1.807) is 0 Å². The van der Waals surface area contributed by atoms with E-state index in [0.29, 0.717) is 0 Å². The van der Waals surface area contributed by atoms with Crippen LogP contribution in [-0.4, -0.2) is 25.0 Å². The van der Waals surface area contributed by atoms with E-state index in [4.69, 9.17) is 5.73 Å². The number of benzene rings is 1. The Hall–Kier alpha value is -0.380. The van der Waals surface area contributed by atoms with E-state index in [0.717, 1.165) is 13.1 Å². The van der Waals surface area contributed by atoms with Crippen molar-refractivity contribution in [3.8, 4) is 0 Å². The maximum Gasteiger partial charge on any atom is 0.0470 e. The lowest BCUT2D eigenvalue weighted by atomic mass is 10.0. The summed E-state index contributed by atoms with van der Waals surface area (Å²) in [6.45, 7) is 1.68. The molecule has 15 heavy (non-hydrogen) atoms. The fourth-order valence-electron chi connectivity index (χ4n) is 2.22. The predicted molar refractivity (Wildman–Crippen MR) is 66.7 cm³/mol. The molecule has 0 radical (unpaired) electrons. The largest absolute Gasteiger partial charge is 0.329 e. The Morgan fingerprint density at radius 2 is 2.07 bits per heavy atom. The minimum absolute atomic E-state index is 0.249. The van der Waals surface area contributed by atoms with Gasteiger partial charge >= 0.3 is 0 Å². The first-order chi connectivity index (χ1) is 7.20. The van der Waals surface area contributed by atoms with Crippen molar-refractivity contribution in [2.45, 2.75) is 18.4 Å². The molecule has 1 fully saturated rings. The average Bonchev–Trinajstić information content (AvgIpc) is 3.00. The number of hydrogen-bond donors (Lipinski definition) is 1. The molecule has 0 spiro atoms. The van der Waals surface area contributed by atoms with Gasteiger partial charge in [-0.05, 0) is 31.5 Å². The van der Waals surface area contributed by atoms with Gasteiger partial charge in [0.1, 0.15) is 0 Å². The maximum absolute atomic E-state index is 5.62. The summed E-state index contributed by atoms with van der Waals surface area (Å²) in [6, 6.07) is 8.50. The minimum atomic E-state index is 0.249. The third kappa shape index (κ3) is 1.96. The zero-order valence-electron chi connectivity index (χ0n) is 9.04. The Morgan fingerprint density at radius 1 is 1.40 bits per heavy atom. The van der Waals surface area contributed by atoms with E-state index in [-0.39, 0.29) is 5.54 Å². The highest BCUT2D eigenvalue weighted by Gasteiger charge is 2.48. The van der Waals surface area contributed by atoms with Gasteiger partial charge < -0.3 is 5.73 Å². The SMILES string of the molecule is CN(CCN)C1(c2ccccc2Br)CC1. The average molecular weight is 269 g/mol. The first-order valence-corrected chi connectivity index (χ1v) is 6.16. The molecule has 2 rings (SSSR count). The van der Waals surface area contributed by atoms with Crippen LogP contribution in [0.2, 0.25) is 0 Å². The van der Waals surface area contributed by atoms with Gasteiger partial charge in [-0.3, -0.25) is 4.90 Å². The van der Waals surface area contributed by atoms with Crippen molar-refractivity contribution in [3.05, 3.63) is 34.3 Å². The Balaban J connectivity index is 2.26. The van der Waals surface area contributed by atoms with Crippen molar-refractivity contribution in [1.29, 1.82) is 0 Å². The third-order valence-corrected chi connectivity index (χ3v) is 3.99. The van der Waals surface area contributed by atoms with Crippen molar-refractivity contribution in [2.24, 2.45) is 5.73 Å². The maximum atomic E-state index is 5.62. The lowest BCUT2D eigenvalue weighted by molar-refractivity contribution is 0.228. The molecular formula is C12H17BrN2. The van der Waals surface area contributed by atoms with Crippen LogP contribution in [0.5, 0.6) is 0 Å². The molecule has 0 saturated heterocycles. The van der Waals surface area contributed by atoms with Crippen LogP contribution in [0.3, 0.4) is 0 Å². The second-order valence-corrected chi connectivity index (χ2v) is 5.08. The first-order valence-electron chi connectivity index (χ1n) is 5.37. The standard InChI is InChI=1S/C12H17BrN2/c1-15(9-8-14)12(6-7-12)10-4-2-3-5-11(10)13/h2-5H,6-9,14H2,1H3. The first kappa shape index (κ1) is 11.1. The van der Waals surface area contributed by atoms with Gasteiger partial charge in [0.05, 0.1) is 0 Å². The van der Waals surface area contributed by atoms with Crippen molar-refractivity contribution in [1.82, 2.24) is 4.90 Å². The molecule has 0 bridgehead atoms. The highest BCUT2D eigenvalue weighted by atomic mass is 79.9. The molecule has 2 N–H and O–H groups in total. The minimum Gasteiger partial charge on any atom is -0.329 e. The zero-order chi connectivity index (χ0) is 10.9. The Bertz CT molecular complexity index is 347. The van der Waals surface area contributed by atoms with Crippen molar-refractivity contribution >= 4 is 15.9 Å². The molecule has 82 valence electrons. The van der Waals surface area contributed by atoms with E-state index < -0.39 is 0 Å². The normalized spacial score (nSPS) is 18.1. The van der Waals surface area contributed by atoms with Gasteiger partial charge in [0.2, 0.25) is 0 Å². The van der Waals surface area contributed by atoms with Crippen LogP contribution >= 0.6 is 15.9 Å². The number of nitrogens with two attached hydrogens (primary N) is 1. The lowest BCUT2D eigenvalue weighted by Gasteiger charge is -2.28. The summed E-state index contributed by atoms with van der Waals surface area (Å²) in [5.74, 6) is 0. The summed E-state index contributed by atoms with van der Waals surface area (Å²) in [5, 5.41) is 0. The van der Waals surface area contributed by atoms with E-state index in [2.05, 4.69) is 52.1 Å². The van der Waals surface area contributed by atoms with E-state index in [9.17, 15) is 0 Å². The number of nitrogens with zero attached hydrogens (tertiary/aromatic N) is 1. The Kier molecular flexibility index (Phi) is 3.14. The van der Waals surface area contributed by atoms with E-state index in [1.165, 1.54) is 22.9 Å². The van der Waals surface area contributed by atoms with Crippen molar-refractivity contribution in [3.63, 3.8) is 0 Å². The molecule has 1 aliphatic carbocycles. The van der Waals surface area contributed by atoms with Crippen molar-refractivity contribution in [2.75, 3.05) is 20.1 Å². The molecule has 2 nitrogen and oxygen atoms in total. The van der Waals surface area contributed by atoms with Gasteiger partial charge in [0.25, 0.3) is 0 Å². The highest BCUT2D eigenvalue weighted by molar-refractivity contribution is 9.10. The smallest absolute Gasteiger partial charge is 0.0470 e. The molecule has 3 heteroatoms. The second-order valence-electron chi connectivity index (χ2n) is 4.22. The fourth-order valence-corrected chi connectivity index (χ4v) is 2.88. The van der Waals surface area contributed by atoms with E-state index >= 15 is 0 Å². The summed E-state index contributed by atoms with van der Waals surface area (Å²) in [5.41, 5.74) is 7.27. The zero-order valence-corrected chi connectivity index (χ0v) is 10.6. The molecular weight excluding hydrogens is 252 g/mol. The Labute approximate surface area is 99.6 Å². The summed E-state index contributed by atoms with van der Waals surface area (Å²) in [7, 11) is 2.17. The van der Waals surface area contributed by atoms with Gasteiger partial charge in [-0.25, -0.2) is 0 Å². The monoisotopic (exact) mass is 268 g/mol. The van der Waals surface area contributed by atoms with Crippen LogP contribution in [0, 0.1) is 0 Å². The molecule has 0 aliphatic heterocycles. The lowest BCUT2D eigenvalue weighted by Crippen LogP contribution is -2.35. The summed E-state index contributed by atoms with van der Waals surface area (Å²) in [6.07, 6.45) is 2.48. The van der Waals surface area contributed by atoms with Gasteiger partial charge in [0.15, 0.2) is 0 Å². The number of rotatable bonds is 4.